The van der Waals surface area contributed by atoms with Gasteiger partial charge in [-0.1, -0.05) is 18.8 Å². The molecule has 1 saturated carbocycles. The number of amides is 1. The van der Waals surface area contributed by atoms with E-state index in [0.29, 0.717) is 24.1 Å². The Labute approximate surface area is 124 Å². The van der Waals surface area contributed by atoms with Gasteiger partial charge in [0.25, 0.3) is 5.91 Å². The van der Waals surface area contributed by atoms with Crippen molar-refractivity contribution in [1.29, 1.82) is 0 Å². The highest BCUT2D eigenvalue weighted by molar-refractivity contribution is 5.96. The maximum atomic E-state index is 13.3. The van der Waals surface area contributed by atoms with Crippen molar-refractivity contribution in [2.45, 2.75) is 32.6 Å². The van der Waals surface area contributed by atoms with Crippen LogP contribution in [0.15, 0.2) is 18.2 Å². The molecule has 1 aromatic carbocycles. The van der Waals surface area contributed by atoms with Crippen LogP contribution in [0.4, 0.5) is 4.39 Å². The molecule has 0 aromatic heterocycles. The third kappa shape index (κ3) is 4.05. The molecular formula is C17H20FNO2. The van der Waals surface area contributed by atoms with E-state index < -0.39 is 5.82 Å². The summed E-state index contributed by atoms with van der Waals surface area (Å²) in [6.07, 6.45) is 3.66. The van der Waals surface area contributed by atoms with E-state index in [1.54, 1.807) is 0 Å². The van der Waals surface area contributed by atoms with Gasteiger partial charge >= 0.3 is 0 Å². The zero-order valence-corrected chi connectivity index (χ0v) is 12.2. The molecular weight excluding hydrogens is 269 g/mol. The Balaban J connectivity index is 2.11. The van der Waals surface area contributed by atoms with Gasteiger partial charge in [0.15, 0.2) is 0 Å². The van der Waals surface area contributed by atoms with Crippen LogP contribution in [0.25, 0.3) is 0 Å². The average Bonchev–Trinajstić information content (AvgIpc) is 3.26. The molecule has 0 saturated heterocycles. The van der Waals surface area contributed by atoms with Crippen LogP contribution in [0, 0.1) is 23.1 Å². The molecule has 1 fully saturated rings. The number of carbonyl (C=O) groups excluding carboxylic acids is 1. The number of hydrogen-bond donors (Lipinski definition) is 2. The van der Waals surface area contributed by atoms with E-state index in [-0.39, 0.29) is 17.9 Å². The van der Waals surface area contributed by atoms with Crippen LogP contribution in [-0.4, -0.2) is 24.2 Å². The van der Waals surface area contributed by atoms with Gasteiger partial charge < -0.3 is 10.4 Å². The normalized spacial score (nSPS) is 15.0. The average molecular weight is 289 g/mol. The SMILES string of the molecule is CCC1(CNC(=O)c2ccc(F)cc2C#CCCO)CC1. The lowest BCUT2D eigenvalue weighted by molar-refractivity contribution is 0.0944. The number of aliphatic hydroxyl groups excluding tert-OH is 1. The highest BCUT2D eigenvalue weighted by atomic mass is 19.1. The van der Waals surface area contributed by atoms with Crippen molar-refractivity contribution in [3.05, 3.63) is 35.1 Å². The second-order valence-electron chi connectivity index (χ2n) is 5.50. The third-order valence-corrected chi connectivity index (χ3v) is 4.02. The topological polar surface area (TPSA) is 49.3 Å². The zero-order valence-electron chi connectivity index (χ0n) is 12.2. The third-order valence-electron chi connectivity index (χ3n) is 4.02. The number of halogens is 1. The molecule has 0 aliphatic heterocycles. The lowest BCUT2D eigenvalue weighted by Gasteiger charge is -2.14. The quantitative estimate of drug-likeness (QED) is 0.818. The summed E-state index contributed by atoms with van der Waals surface area (Å²) in [5, 5.41) is 11.7. The predicted molar refractivity (Wildman–Crippen MR) is 79.3 cm³/mol. The van der Waals surface area contributed by atoms with Crippen LogP contribution in [-0.2, 0) is 0 Å². The number of aliphatic hydroxyl groups is 1. The number of hydrogen-bond acceptors (Lipinski definition) is 2. The van der Waals surface area contributed by atoms with E-state index in [1.807, 2.05) is 0 Å². The van der Waals surface area contributed by atoms with Crippen LogP contribution in [0.3, 0.4) is 0 Å². The fourth-order valence-corrected chi connectivity index (χ4v) is 2.23. The summed E-state index contributed by atoms with van der Waals surface area (Å²) in [6.45, 7) is 2.73. The smallest absolute Gasteiger partial charge is 0.252 e. The van der Waals surface area contributed by atoms with Crippen molar-refractivity contribution in [2.24, 2.45) is 5.41 Å². The molecule has 21 heavy (non-hydrogen) atoms. The van der Waals surface area contributed by atoms with Crippen LogP contribution in [0.5, 0.6) is 0 Å². The molecule has 1 aliphatic carbocycles. The van der Waals surface area contributed by atoms with Crippen LogP contribution in [0.2, 0.25) is 0 Å². The Morgan fingerprint density at radius 1 is 1.48 bits per heavy atom. The largest absolute Gasteiger partial charge is 0.395 e. The minimum atomic E-state index is -0.424. The van der Waals surface area contributed by atoms with Crippen molar-refractivity contribution in [2.75, 3.05) is 13.2 Å². The summed E-state index contributed by atoms with van der Waals surface area (Å²) >= 11 is 0. The summed E-state index contributed by atoms with van der Waals surface area (Å²) in [5.41, 5.74) is 1.01. The van der Waals surface area contributed by atoms with Gasteiger partial charge in [0.2, 0.25) is 0 Å². The highest BCUT2D eigenvalue weighted by Gasteiger charge is 2.40. The Kier molecular flexibility index (Phi) is 4.98. The lowest BCUT2D eigenvalue weighted by atomic mass is 10.0. The summed E-state index contributed by atoms with van der Waals surface area (Å²) in [6, 6.07) is 3.98. The fraction of sp³-hybridized carbons (Fsp3) is 0.471. The summed E-state index contributed by atoms with van der Waals surface area (Å²) < 4.78 is 13.3. The standard InChI is InChI=1S/C17H20FNO2/c1-2-17(8-9-17)12-19-16(21)15-7-6-14(18)11-13(15)5-3-4-10-20/h6-7,11,20H,2,4,8-10,12H2,1H3,(H,19,21). The Morgan fingerprint density at radius 2 is 2.24 bits per heavy atom. The first kappa shape index (κ1) is 15.5. The zero-order chi connectivity index (χ0) is 15.3. The summed E-state index contributed by atoms with van der Waals surface area (Å²) in [7, 11) is 0. The van der Waals surface area contributed by atoms with Gasteiger partial charge in [-0.2, -0.15) is 0 Å². The lowest BCUT2D eigenvalue weighted by Crippen LogP contribution is -2.30. The van der Waals surface area contributed by atoms with E-state index in [1.165, 1.54) is 18.2 Å². The maximum Gasteiger partial charge on any atom is 0.252 e. The molecule has 0 bridgehead atoms. The monoisotopic (exact) mass is 289 g/mol. The van der Waals surface area contributed by atoms with Crippen molar-refractivity contribution in [3.8, 4) is 11.8 Å². The minimum Gasteiger partial charge on any atom is -0.395 e. The molecule has 3 nitrogen and oxygen atoms in total. The van der Waals surface area contributed by atoms with Crippen LogP contribution in [0.1, 0.15) is 48.5 Å². The van der Waals surface area contributed by atoms with E-state index in [0.717, 1.165) is 19.3 Å². The summed E-state index contributed by atoms with van der Waals surface area (Å²) in [5.74, 6) is 4.83. The number of carbonyl (C=O) groups is 1. The second-order valence-corrected chi connectivity index (χ2v) is 5.50. The molecule has 1 amide bonds. The van der Waals surface area contributed by atoms with Gasteiger partial charge in [0.1, 0.15) is 5.82 Å². The van der Waals surface area contributed by atoms with Crippen LogP contribution >= 0.6 is 0 Å². The Morgan fingerprint density at radius 3 is 2.86 bits per heavy atom. The van der Waals surface area contributed by atoms with Crippen molar-refractivity contribution in [1.82, 2.24) is 5.32 Å². The van der Waals surface area contributed by atoms with E-state index in [2.05, 4.69) is 24.1 Å². The van der Waals surface area contributed by atoms with E-state index in [4.69, 9.17) is 5.11 Å². The minimum absolute atomic E-state index is 0.0527. The fourth-order valence-electron chi connectivity index (χ4n) is 2.23. The molecule has 0 atom stereocenters. The van der Waals surface area contributed by atoms with Crippen molar-refractivity contribution < 1.29 is 14.3 Å². The van der Waals surface area contributed by atoms with Gasteiger partial charge in [-0.25, -0.2) is 4.39 Å². The number of benzene rings is 1. The Hall–Kier alpha value is -1.86. The van der Waals surface area contributed by atoms with Crippen molar-refractivity contribution >= 4 is 5.91 Å². The molecule has 2 rings (SSSR count). The first-order valence-electron chi connectivity index (χ1n) is 7.28. The second kappa shape index (κ2) is 6.73. The van der Waals surface area contributed by atoms with Gasteiger partial charge in [-0.15, -0.1) is 0 Å². The van der Waals surface area contributed by atoms with Crippen molar-refractivity contribution in [3.63, 3.8) is 0 Å². The molecule has 1 aliphatic rings. The highest BCUT2D eigenvalue weighted by Crippen LogP contribution is 2.47. The van der Waals surface area contributed by atoms with Gasteiger partial charge in [0.05, 0.1) is 12.2 Å². The molecule has 0 unspecified atom stereocenters. The van der Waals surface area contributed by atoms with E-state index >= 15 is 0 Å². The number of nitrogens with one attached hydrogen (secondary N) is 1. The molecule has 112 valence electrons. The van der Waals surface area contributed by atoms with Crippen LogP contribution < -0.4 is 5.32 Å². The molecule has 4 heteroatoms. The Bertz CT molecular complexity index is 582. The van der Waals surface area contributed by atoms with E-state index in [9.17, 15) is 9.18 Å². The maximum absolute atomic E-state index is 13.3. The van der Waals surface area contributed by atoms with Gasteiger partial charge in [-0.3, -0.25) is 4.79 Å². The van der Waals surface area contributed by atoms with Gasteiger partial charge in [0, 0.05) is 18.5 Å². The first-order valence-corrected chi connectivity index (χ1v) is 7.28. The molecule has 0 heterocycles. The number of rotatable bonds is 5. The molecule has 1 aromatic rings. The van der Waals surface area contributed by atoms with Gasteiger partial charge in [-0.05, 0) is 42.9 Å². The first-order chi connectivity index (χ1) is 10.1. The molecule has 2 N–H and O–H groups in total. The molecule has 0 radical (unpaired) electrons. The summed E-state index contributed by atoms with van der Waals surface area (Å²) in [4.78, 5) is 12.2. The molecule has 0 spiro atoms. The predicted octanol–water partition coefficient (Wildman–Crippen LogP) is 2.48.